The van der Waals surface area contributed by atoms with Gasteiger partial charge in [-0.25, -0.2) is 0 Å². The van der Waals surface area contributed by atoms with Crippen LogP contribution in [-0.4, -0.2) is 55.0 Å². The highest BCUT2D eigenvalue weighted by molar-refractivity contribution is 5.75. The van der Waals surface area contributed by atoms with E-state index in [2.05, 4.69) is 52.3 Å². The summed E-state index contributed by atoms with van der Waals surface area (Å²) in [6.07, 6.45) is 8.13. The summed E-state index contributed by atoms with van der Waals surface area (Å²) in [4.78, 5) is 15.7. The second-order valence-corrected chi connectivity index (χ2v) is 9.53. The third kappa shape index (κ3) is 6.07. The van der Waals surface area contributed by atoms with Crippen molar-refractivity contribution in [2.45, 2.75) is 19.6 Å². The number of carbonyl (C=O) groups excluding carboxylic acids is 1. The lowest BCUT2D eigenvalue weighted by atomic mass is 10.1. The van der Waals surface area contributed by atoms with Gasteiger partial charge in [-0.3, -0.25) is 14.6 Å². The molecule has 34 heavy (non-hydrogen) atoms. The van der Waals surface area contributed by atoms with Crippen molar-refractivity contribution in [3.8, 4) is 11.5 Å². The maximum atomic E-state index is 11.2. The first-order chi connectivity index (χ1) is 16.6. The van der Waals surface area contributed by atoms with Gasteiger partial charge in [0.2, 0.25) is 5.91 Å². The Morgan fingerprint density at radius 1 is 0.912 bits per heavy atom. The van der Waals surface area contributed by atoms with Gasteiger partial charge in [-0.1, -0.05) is 54.6 Å². The first kappa shape index (κ1) is 22.7. The molecule has 2 atom stereocenters. The lowest BCUT2D eigenvalue weighted by Gasteiger charge is -2.34. The molecule has 2 fully saturated rings. The molecule has 0 bridgehead atoms. The molecular weight excluding hydrogens is 426 g/mol. The number of carbonyl (C=O) groups is 1. The van der Waals surface area contributed by atoms with Crippen LogP contribution in [0.25, 0.3) is 0 Å². The smallest absolute Gasteiger partial charge is 0.231 e. The van der Waals surface area contributed by atoms with Gasteiger partial charge in [0.15, 0.2) is 11.5 Å². The van der Waals surface area contributed by atoms with Crippen LogP contribution in [0.2, 0.25) is 0 Å². The second-order valence-electron chi connectivity index (χ2n) is 9.53. The SMILES string of the molecule is NC(=O)CN1CCN(Cc2ccc(OCC3=CC4CC4C=C3)c(OCc3ccccc3)c2)CC1.[HH]. The van der Waals surface area contributed by atoms with Crippen molar-refractivity contribution < 1.29 is 15.7 Å². The number of fused-ring (bicyclic) bond motifs is 1. The van der Waals surface area contributed by atoms with E-state index in [1.807, 2.05) is 24.3 Å². The quantitative estimate of drug-likeness (QED) is 0.585. The number of allylic oxidation sites excluding steroid dienone is 2. The Labute approximate surface area is 203 Å². The zero-order valence-electron chi connectivity index (χ0n) is 19.6. The number of benzene rings is 2. The Kier molecular flexibility index (Phi) is 6.97. The van der Waals surface area contributed by atoms with Crippen LogP contribution in [0.15, 0.2) is 72.3 Å². The van der Waals surface area contributed by atoms with Crippen molar-refractivity contribution in [1.29, 1.82) is 0 Å². The summed E-state index contributed by atoms with van der Waals surface area (Å²) in [6, 6.07) is 16.5. The fourth-order valence-corrected chi connectivity index (χ4v) is 4.69. The van der Waals surface area contributed by atoms with Gasteiger partial charge in [-0.15, -0.1) is 0 Å². The number of nitrogens with two attached hydrogens (primary N) is 1. The van der Waals surface area contributed by atoms with E-state index < -0.39 is 0 Å². The van der Waals surface area contributed by atoms with Crippen LogP contribution in [0.1, 0.15) is 19.0 Å². The van der Waals surface area contributed by atoms with Gasteiger partial charge < -0.3 is 15.2 Å². The fourth-order valence-electron chi connectivity index (χ4n) is 4.69. The number of piperazine rings is 1. The van der Waals surface area contributed by atoms with Crippen LogP contribution >= 0.6 is 0 Å². The average molecular weight is 462 g/mol. The molecular formula is C28H35N3O3. The van der Waals surface area contributed by atoms with Crippen molar-refractivity contribution in [1.82, 2.24) is 9.80 Å². The maximum Gasteiger partial charge on any atom is 0.231 e. The number of amides is 1. The van der Waals surface area contributed by atoms with Crippen molar-refractivity contribution in [2.75, 3.05) is 39.3 Å². The largest absolute Gasteiger partial charge is 0.485 e. The van der Waals surface area contributed by atoms with Crippen LogP contribution in [-0.2, 0) is 17.9 Å². The van der Waals surface area contributed by atoms with Crippen molar-refractivity contribution in [3.05, 3.63) is 83.5 Å². The molecule has 0 spiro atoms. The number of nitrogens with zero attached hydrogens (tertiary/aromatic N) is 2. The lowest BCUT2D eigenvalue weighted by Crippen LogP contribution is -2.48. The van der Waals surface area contributed by atoms with E-state index in [4.69, 9.17) is 15.2 Å². The number of hydrogen-bond donors (Lipinski definition) is 1. The predicted octanol–water partition coefficient (Wildman–Crippen LogP) is 3.63. The van der Waals surface area contributed by atoms with Crippen molar-refractivity contribution >= 4 is 5.91 Å². The van der Waals surface area contributed by atoms with Crippen LogP contribution < -0.4 is 15.2 Å². The number of primary amides is 1. The minimum atomic E-state index is -0.263. The molecule has 180 valence electrons. The Balaban J connectivity index is 0.00000289. The van der Waals surface area contributed by atoms with E-state index in [1.54, 1.807) is 0 Å². The zero-order chi connectivity index (χ0) is 23.3. The zero-order valence-corrected chi connectivity index (χ0v) is 19.6. The Morgan fingerprint density at radius 2 is 1.68 bits per heavy atom. The summed E-state index contributed by atoms with van der Waals surface area (Å²) in [6.45, 7) is 5.76. The van der Waals surface area contributed by atoms with Crippen LogP contribution in [0.3, 0.4) is 0 Å². The minimum Gasteiger partial charge on any atom is -0.485 e. The standard InChI is InChI=1S/C28H33N3O3.H2/c29-28(32)18-31-12-10-30(11-13-31)17-22-7-9-26(33-20-23-6-8-24-16-25(24)14-23)27(15-22)34-19-21-4-2-1-3-5-21;/h1-9,14-15,24-25H,10-13,16-20H2,(H2,29,32);1H. The highest BCUT2D eigenvalue weighted by Gasteiger charge is 2.34. The Morgan fingerprint density at radius 3 is 2.44 bits per heavy atom. The predicted molar refractivity (Wildman–Crippen MR) is 135 cm³/mol. The molecule has 1 amide bonds. The van der Waals surface area contributed by atoms with E-state index in [0.29, 0.717) is 25.7 Å². The lowest BCUT2D eigenvalue weighted by molar-refractivity contribution is -0.119. The van der Waals surface area contributed by atoms with E-state index in [0.717, 1.165) is 55.7 Å². The number of ether oxygens (including phenoxy) is 2. The monoisotopic (exact) mass is 461 g/mol. The minimum absolute atomic E-state index is 0. The normalized spacial score (nSPS) is 22.1. The Bertz CT molecular complexity index is 1060. The molecule has 5 rings (SSSR count). The van der Waals surface area contributed by atoms with Gasteiger partial charge >= 0.3 is 0 Å². The third-order valence-corrected chi connectivity index (χ3v) is 6.77. The molecule has 2 aliphatic carbocycles. The molecule has 0 radical (unpaired) electrons. The van der Waals surface area contributed by atoms with Gasteiger partial charge in [0.1, 0.15) is 13.2 Å². The van der Waals surface area contributed by atoms with E-state index in [9.17, 15) is 4.79 Å². The molecule has 2 unspecified atom stereocenters. The summed E-state index contributed by atoms with van der Waals surface area (Å²) in [5.41, 5.74) is 8.90. The summed E-state index contributed by atoms with van der Waals surface area (Å²) in [5.74, 6) is 2.76. The van der Waals surface area contributed by atoms with E-state index in [-0.39, 0.29) is 7.33 Å². The topological polar surface area (TPSA) is 68.0 Å². The van der Waals surface area contributed by atoms with Gasteiger partial charge in [0.05, 0.1) is 6.54 Å². The Hall–Kier alpha value is -3.09. The molecule has 0 aromatic heterocycles. The molecule has 3 aliphatic rings. The average Bonchev–Trinajstić information content (AvgIpc) is 3.63. The maximum absolute atomic E-state index is 11.2. The highest BCUT2D eigenvalue weighted by Crippen LogP contribution is 2.44. The summed E-state index contributed by atoms with van der Waals surface area (Å²) in [5, 5.41) is 0. The third-order valence-electron chi connectivity index (χ3n) is 6.77. The van der Waals surface area contributed by atoms with Gasteiger partial charge in [-0.2, -0.15) is 0 Å². The van der Waals surface area contributed by atoms with Crippen molar-refractivity contribution in [3.63, 3.8) is 0 Å². The molecule has 6 heteroatoms. The molecule has 1 aliphatic heterocycles. The molecule has 2 N–H and O–H groups in total. The van der Waals surface area contributed by atoms with E-state index >= 15 is 0 Å². The van der Waals surface area contributed by atoms with Gasteiger partial charge in [0, 0.05) is 34.2 Å². The van der Waals surface area contributed by atoms with Gasteiger partial charge in [-0.05, 0) is 47.1 Å². The van der Waals surface area contributed by atoms with Crippen LogP contribution in [0, 0.1) is 11.8 Å². The molecule has 2 aromatic carbocycles. The number of rotatable bonds is 10. The molecule has 2 aromatic rings. The van der Waals surface area contributed by atoms with Crippen molar-refractivity contribution in [2.24, 2.45) is 17.6 Å². The molecule has 1 saturated carbocycles. The molecule has 6 nitrogen and oxygen atoms in total. The van der Waals surface area contributed by atoms with E-state index in [1.165, 1.54) is 17.6 Å². The first-order valence-corrected chi connectivity index (χ1v) is 12.2. The highest BCUT2D eigenvalue weighted by atomic mass is 16.5. The molecule has 1 heterocycles. The van der Waals surface area contributed by atoms with Crippen LogP contribution in [0.4, 0.5) is 0 Å². The second kappa shape index (κ2) is 10.5. The fraction of sp³-hybridized carbons (Fsp3) is 0.393. The summed E-state index contributed by atoms with van der Waals surface area (Å²) in [7, 11) is 0. The van der Waals surface area contributed by atoms with Crippen LogP contribution in [0.5, 0.6) is 11.5 Å². The molecule has 1 saturated heterocycles. The number of hydrogen-bond acceptors (Lipinski definition) is 5. The van der Waals surface area contributed by atoms with Gasteiger partial charge in [0.25, 0.3) is 0 Å². The first-order valence-electron chi connectivity index (χ1n) is 12.2. The summed E-state index contributed by atoms with van der Waals surface area (Å²) >= 11 is 0. The summed E-state index contributed by atoms with van der Waals surface area (Å²) < 4.78 is 12.5.